The second-order valence-electron chi connectivity index (χ2n) is 9.32. The topological polar surface area (TPSA) is 204 Å². The molecule has 1 amide bonds. The van der Waals surface area contributed by atoms with Crippen LogP contribution in [0.1, 0.15) is 33.6 Å². The number of amides is 1. The van der Waals surface area contributed by atoms with Crippen molar-refractivity contribution in [2.45, 2.75) is 89.0 Å². The number of allylic oxidation sites excluding steroid dienone is 2. The summed E-state index contributed by atoms with van der Waals surface area (Å²) in [5.41, 5.74) is 5.49. The summed E-state index contributed by atoms with van der Waals surface area (Å²) in [6.07, 6.45) is -5.78. The third-order valence-electron chi connectivity index (χ3n) is 6.27. The first-order valence-corrected chi connectivity index (χ1v) is 11.6. The van der Waals surface area contributed by atoms with Crippen molar-refractivity contribution in [2.24, 2.45) is 23.5 Å². The quantitative estimate of drug-likeness (QED) is 0.106. The zero-order valence-electron chi connectivity index (χ0n) is 19.8. The van der Waals surface area contributed by atoms with Crippen LogP contribution < -0.4 is 11.1 Å². The van der Waals surface area contributed by atoms with E-state index in [0.717, 1.165) is 6.42 Å². The summed E-state index contributed by atoms with van der Waals surface area (Å²) in [6.45, 7) is 3.92. The summed E-state index contributed by atoms with van der Waals surface area (Å²) in [7, 11) is 0. The number of aliphatic hydroxyl groups is 6. The van der Waals surface area contributed by atoms with E-state index in [2.05, 4.69) is 24.4 Å². The van der Waals surface area contributed by atoms with Gasteiger partial charge in [-0.15, -0.1) is 0 Å². The Bertz CT molecular complexity index is 664. The highest BCUT2D eigenvalue weighted by Gasteiger charge is 2.48. The Morgan fingerprint density at radius 2 is 1.91 bits per heavy atom. The molecule has 1 aliphatic carbocycles. The van der Waals surface area contributed by atoms with E-state index in [1.54, 1.807) is 6.92 Å². The number of nitrogens with two attached hydrogens (primary N) is 1. The van der Waals surface area contributed by atoms with E-state index in [1.807, 2.05) is 0 Å². The van der Waals surface area contributed by atoms with Crippen molar-refractivity contribution in [3.8, 4) is 0 Å². The van der Waals surface area contributed by atoms with Crippen LogP contribution in [0.2, 0.25) is 0 Å². The lowest BCUT2D eigenvalue weighted by atomic mass is 9.92. The molecule has 0 aromatic heterocycles. The first-order valence-electron chi connectivity index (χ1n) is 11.6. The Morgan fingerprint density at radius 3 is 2.41 bits per heavy atom. The van der Waals surface area contributed by atoms with Gasteiger partial charge in [-0.2, -0.15) is 0 Å². The number of rotatable bonds is 12. The maximum atomic E-state index is 12.8. The molecule has 1 heterocycles. The third kappa shape index (κ3) is 7.65. The molecule has 12 atom stereocenters. The van der Waals surface area contributed by atoms with Crippen LogP contribution in [0.5, 0.6) is 0 Å². The van der Waals surface area contributed by atoms with Crippen molar-refractivity contribution in [1.82, 2.24) is 5.32 Å². The smallest absolute Gasteiger partial charge is 0.223 e. The molecule has 1 aliphatic heterocycles. The summed E-state index contributed by atoms with van der Waals surface area (Å²) >= 11 is 0. The van der Waals surface area contributed by atoms with Gasteiger partial charge in [0.2, 0.25) is 5.91 Å². The van der Waals surface area contributed by atoms with Crippen LogP contribution in [0.15, 0.2) is 12.2 Å². The minimum atomic E-state index is -1.75. The third-order valence-corrected chi connectivity index (χ3v) is 6.27. The van der Waals surface area contributed by atoms with Crippen LogP contribution >= 0.6 is 0 Å². The van der Waals surface area contributed by atoms with Gasteiger partial charge < -0.3 is 55.9 Å². The number of nitrogens with one attached hydrogen (secondary N) is 1. The normalized spacial score (nSPS) is 36.0. The van der Waals surface area contributed by atoms with Crippen LogP contribution in [-0.4, -0.2) is 105 Å². The Morgan fingerprint density at radius 1 is 1.24 bits per heavy atom. The van der Waals surface area contributed by atoms with Crippen molar-refractivity contribution in [2.75, 3.05) is 13.2 Å². The van der Waals surface area contributed by atoms with Gasteiger partial charge in [-0.3, -0.25) is 4.79 Å². The first kappa shape index (κ1) is 29.0. The van der Waals surface area contributed by atoms with Gasteiger partial charge in [0.05, 0.1) is 19.3 Å². The molecule has 0 aromatic rings. The van der Waals surface area contributed by atoms with Crippen molar-refractivity contribution in [3.05, 3.63) is 12.2 Å². The predicted molar refractivity (Wildman–Crippen MR) is 119 cm³/mol. The van der Waals surface area contributed by atoms with Gasteiger partial charge in [-0.05, 0) is 31.6 Å². The van der Waals surface area contributed by atoms with Crippen molar-refractivity contribution < 1.29 is 49.6 Å². The summed E-state index contributed by atoms with van der Waals surface area (Å²) in [6, 6.07) is -1.30. The van der Waals surface area contributed by atoms with Crippen molar-refractivity contribution >= 4 is 5.91 Å². The Balaban J connectivity index is 2.08. The van der Waals surface area contributed by atoms with Gasteiger partial charge in [0.15, 0.2) is 18.8 Å². The van der Waals surface area contributed by atoms with Gasteiger partial charge >= 0.3 is 0 Å². The second-order valence-corrected chi connectivity index (χ2v) is 9.32. The maximum absolute atomic E-state index is 12.8. The molecule has 0 spiro atoms. The zero-order valence-corrected chi connectivity index (χ0v) is 19.8. The summed E-state index contributed by atoms with van der Waals surface area (Å²) in [4.78, 5) is 12.8. The molecule has 0 radical (unpaired) electrons. The molecular formula is C22H40N2O10. The predicted octanol–water partition coefficient (Wildman–Crippen LogP) is -2.47. The number of hydrogen-bond acceptors (Lipinski definition) is 11. The van der Waals surface area contributed by atoms with E-state index in [4.69, 9.17) is 19.9 Å². The lowest BCUT2D eigenvalue weighted by molar-refractivity contribution is -0.316. The molecular weight excluding hydrogens is 452 g/mol. The molecule has 12 nitrogen and oxygen atoms in total. The van der Waals surface area contributed by atoms with Crippen LogP contribution in [-0.2, 0) is 19.0 Å². The number of carbonyl (C=O) groups excluding carboxylic acids is 1. The first-order chi connectivity index (χ1) is 16.0. The Kier molecular flexibility index (Phi) is 11.3. The highest BCUT2D eigenvalue weighted by atomic mass is 16.7. The van der Waals surface area contributed by atoms with Crippen LogP contribution in [0.4, 0.5) is 0 Å². The number of carbonyl (C=O) groups is 1. The molecule has 12 unspecified atom stereocenters. The van der Waals surface area contributed by atoms with Crippen LogP contribution in [0, 0.1) is 17.8 Å². The molecule has 2 rings (SSSR count). The van der Waals surface area contributed by atoms with Crippen LogP contribution in [0.3, 0.4) is 0 Å². The van der Waals surface area contributed by atoms with Gasteiger partial charge in [-0.25, -0.2) is 0 Å². The average molecular weight is 493 g/mol. The van der Waals surface area contributed by atoms with Gasteiger partial charge in [0.25, 0.3) is 0 Å². The van der Waals surface area contributed by atoms with E-state index in [0.29, 0.717) is 12.3 Å². The van der Waals surface area contributed by atoms with E-state index in [-0.39, 0.29) is 5.92 Å². The van der Waals surface area contributed by atoms with E-state index in [9.17, 15) is 35.4 Å². The fourth-order valence-electron chi connectivity index (χ4n) is 4.26. The van der Waals surface area contributed by atoms with Gasteiger partial charge in [0, 0.05) is 5.92 Å². The maximum Gasteiger partial charge on any atom is 0.223 e. The highest BCUT2D eigenvalue weighted by Crippen LogP contribution is 2.29. The molecule has 1 saturated heterocycles. The Hall–Kier alpha value is -1.19. The molecule has 34 heavy (non-hydrogen) atoms. The molecule has 1 fully saturated rings. The monoisotopic (exact) mass is 492 g/mol. The molecule has 2 aliphatic rings. The number of aliphatic hydroxyl groups excluding tert-OH is 6. The largest absolute Gasteiger partial charge is 0.394 e. The van der Waals surface area contributed by atoms with Gasteiger partial charge in [0.1, 0.15) is 30.5 Å². The fourth-order valence-corrected chi connectivity index (χ4v) is 4.26. The lowest BCUT2D eigenvalue weighted by Gasteiger charge is -2.44. The minimum absolute atomic E-state index is 0.264. The minimum Gasteiger partial charge on any atom is -0.394 e. The van der Waals surface area contributed by atoms with E-state index in [1.165, 1.54) is 6.92 Å². The summed E-state index contributed by atoms with van der Waals surface area (Å²) in [5.74, 6) is -0.0915. The highest BCUT2D eigenvalue weighted by molar-refractivity contribution is 5.78. The molecule has 0 aromatic carbocycles. The molecule has 9 N–H and O–H groups in total. The summed E-state index contributed by atoms with van der Waals surface area (Å²) in [5, 5.41) is 62.4. The standard InChI is InChI=1S/C22H40N2O10/c1-10-4-5-13(6-10)7-11(2)20(30)24-16-17(28)18(15(9-26)32-21(16)31)34-22(19(23)29)33-14(8-25)12(3)27/h4-5,10-19,21-22,25-29,31H,6-9,23H2,1-3H3,(H,24,30). The lowest BCUT2D eigenvalue weighted by Crippen LogP contribution is -2.66. The van der Waals surface area contributed by atoms with Crippen LogP contribution in [0.25, 0.3) is 0 Å². The van der Waals surface area contributed by atoms with E-state index >= 15 is 0 Å². The SMILES string of the molecule is CC1C=CC(CC(C)C(=O)NC2C(O)OC(CO)C(OC(OC(CO)C(C)O)C(N)O)C2O)C1. The number of ether oxygens (including phenoxy) is 3. The zero-order chi connectivity index (χ0) is 25.6. The Labute approximate surface area is 199 Å². The van der Waals surface area contributed by atoms with E-state index < -0.39 is 80.4 Å². The second kappa shape index (κ2) is 13.2. The van der Waals surface area contributed by atoms with Gasteiger partial charge in [-0.1, -0.05) is 26.0 Å². The number of hydrogen-bond donors (Lipinski definition) is 8. The molecule has 0 bridgehead atoms. The van der Waals surface area contributed by atoms with Crippen molar-refractivity contribution in [1.29, 1.82) is 0 Å². The summed E-state index contributed by atoms with van der Waals surface area (Å²) < 4.78 is 16.2. The molecule has 0 saturated carbocycles. The van der Waals surface area contributed by atoms with Crippen molar-refractivity contribution in [3.63, 3.8) is 0 Å². The fraction of sp³-hybridized carbons (Fsp3) is 0.864. The molecule has 198 valence electrons. The average Bonchev–Trinajstić information content (AvgIpc) is 3.18. The molecule has 12 heteroatoms.